The summed E-state index contributed by atoms with van der Waals surface area (Å²) >= 11 is 0. The maximum atomic E-state index is 13.6. The van der Waals surface area contributed by atoms with E-state index >= 15 is 0 Å². The Labute approximate surface area is 399 Å². The van der Waals surface area contributed by atoms with Crippen molar-refractivity contribution < 1.29 is 53.6 Å². The fourth-order valence-electron chi connectivity index (χ4n) is 8.10. The molecule has 2 aromatic heterocycles. The Morgan fingerprint density at radius 2 is 1.07 bits per heavy atom. The molecule has 16 nitrogen and oxygen atoms in total. The Bertz CT molecular complexity index is 3140. The summed E-state index contributed by atoms with van der Waals surface area (Å²) in [5, 5.41) is 8.99. The number of halogens is 2. The van der Waals surface area contributed by atoms with Gasteiger partial charge in [0.1, 0.15) is 39.9 Å². The molecule has 4 aromatic carbocycles. The number of hydrogen-bond acceptors (Lipinski definition) is 11. The van der Waals surface area contributed by atoms with Crippen molar-refractivity contribution >= 4 is 71.3 Å². The summed E-state index contributed by atoms with van der Waals surface area (Å²) < 4.78 is 97.7. The zero-order chi connectivity index (χ0) is 50.2. The van der Waals surface area contributed by atoms with E-state index in [1.807, 2.05) is 12.1 Å². The summed E-state index contributed by atoms with van der Waals surface area (Å²) in [7, 11) is -4.28. The van der Waals surface area contributed by atoms with E-state index in [4.69, 9.17) is 19.3 Å². The Kier molecular flexibility index (Phi) is 14.5. The molecule has 0 radical (unpaired) electrons. The number of sulfonamides is 2. The largest absolute Gasteiger partial charge is 0.455 e. The van der Waals surface area contributed by atoms with E-state index in [9.17, 15) is 40.0 Å². The third-order valence-electron chi connectivity index (χ3n) is 11.5. The van der Waals surface area contributed by atoms with Crippen LogP contribution < -0.4 is 30.3 Å². The van der Waals surface area contributed by atoms with Crippen LogP contribution in [-0.2, 0) is 24.8 Å². The quantitative estimate of drug-likeness (QED) is 0.0772. The van der Waals surface area contributed by atoms with Gasteiger partial charge in [-0.2, -0.15) is 0 Å². The Hall–Kier alpha value is -6.51. The summed E-state index contributed by atoms with van der Waals surface area (Å²) in [6.07, 6.45) is 5.24. The fraction of sp³-hybridized carbons (Fsp3) is 0.367. The van der Waals surface area contributed by atoms with Crippen LogP contribution in [0.15, 0.2) is 81.6 Å². The predicted molar refractivity (Wildman–Crippen MR) is 262 cm³/mol. The molecule has 2 heterocycles. The van der Waals surface area contributed by atoms with Gasteiger partial charge in [-0.25, -0.2) is 30.4 Å². The molecule has 2 saturated carbocycles. The standard InChI is InChI=1S/C27H32FN3O6S.C22H24FN3O4S/c1-27(2,3)37-26(33)30-12-13-31(38(5,34)35)21-15-22-20(14-19(21)16-6-7-16)23(25(32)29-4)24(36-22)17-8-10-18(28)11-9-17;1-25-22(27)20-17-11-16(13-3-4-13)18(26(10-9-24)31(2,28)29)12-19(17)30-21(20)14-5-7-15(23)8-6-14/h8-11,14-16H,6-7,12-13H2,1-5H3,(H,29,32)(H,30,33);5-8,11-13H,3-4,9-10,24H2,1-2H3,(H,25,27). The molecule has 0 unspecified atom stereocenters. The van der Waals surface area contributed by atoms with Crippen LogP contribution in [0.3, 0.4) is 0 Å². The van der Waals surface area contributed by atoms with Crippen LogP contribution in [0.4, 0.5) is 25.0 Å². The normalized spacial score (nSPS) is 13.9. The minimum Gasteiger partial charge on any atom is -0.455 e. The molecule has 69 heavy (non-hydrogen) atoms. The highest BCUT2D eigenvalue weighted by molar-refractivity contribution is 7.92. The first-order chi connectivity index (χ1) is 32.5. The Morgan fingerprint density at radius 1 is 0.681 bits per heavy atom. The molecule has 0 saturated heterocycles. The summed E-state index contributed by atoms with van der Waals surface area (Å²) in [6, 6.07) is 18.2. The van der Waals surface area contributed by atoms with E-state index in [0.29, 0.717) is 61.3 Å². The molecule has 20 heteroatoms. The van der Waals surface area contributed by atoms with Crippen molar-refractivity contribution in [2.45, 2.75) is 63.9 Å². The van der Waals surface area contributed by atoms with Gasteiger partial charge in [0.25, 0.3) is 11.8 Å². The monoisotopic (exact) mass is 990 g/mol. The molecular weight excluding hydrogens is 935 g/mol. The number of hydrogen-bond donors (Lipinski definition) is 4. The van der Waals surface area contributed by atoms with Crippen LogP contribution in [0.25, 0.3) is 44.6 Å². The van der Waals surface area contributed by atoms with Gasteiger partial charge >= 0.3 is 6.09 Å². The van der Waals surface area contributed by atoms with Gasteiger partial charge in [0.05, 0.1) is 41.6 Å². The lowest BCUT2D eigenvalue weighted by Crippen LogP contribution is -2.40. The second-order valence-electron chi connectivity index (χ2n) is 18.0. The number of nitrogens with one attached hydrogen (secondary N) is 3. The Morgan fingerprint density at radius 3 is 1.41 bits per heavy atom. The lowest BCUT2D eigenvalue weighted by molar-refractivity contribution is 0.0529. The van der Waals surface area contributed by atoms with Gasteiger partial charge in [-0.15, -0.1) is 0 Å². The average Bonchev–Trinajstić information content (AvgIpc) is 4.23. The van der Waals surface area contributed by atoms with Crippen LogP contribution in [0.2, 0.25) is 0 Å². The number of benzene rings is 4. The third kappa shape index (κ3) is 11.5. The van der Waals surface area contributed by atoms with E-state index in [0.717, 1.165) is 49.3 Å². The number of rotatable bonds is 15. The summed E-state index contributed by atoms with van der Waals surface area (Å²) in [4.78, 5) is 37.8. The topological polar surface area (TPSA) is 224 Å². The number of ether oxygens (including phenoxy) is 1. The molecule has 3 amide bonds. The van der Waals surface area contributed by atoms with Crippen molar-refractivity contribution in [3.63, 3.8) is 0 Å². The first kappa shape index (κ1) is 50.4. The van der Waals surface area contributed by atoms with E-state index < -0.39 is 43.4 Å². The van der Waals surface area contributed by atoms with E-state index in [2.05, 4.69) is 16.0 Å². The highest BCUT2D eigenvalue weighted by Gasteiger charge is 2.35. The molecule has 0 aliphatic heterocycles. The summed E-state index contributed by atoms with van der Waals surface area (Å²) in [6.45, 7) is 5.51. The minimum absolute atomic E-state index is 0.0204. The van der Waals surface area contributed by atoms with Crippen LogP contribution in [-0.4, -0.2) is 93.1 Å². The smallest absolute Gasteiger partial charge is 0.407 e. The molecule has 368 valence electrons. The van der Waals surface area contributed by atoms with Gasteiger partial charge in [-0.3, -0.25) is 18.2 Å². The molecule has 0 bridgehead atoms. The fourth-order valence-corrected chi connectivity index (χ4v) is 9.99. The van der Waals surface area contributed by atoms with Gasteiger partial charge in [0.15, 0.2) is 0 Å². The summed E-state index contributed by atoms with van der Waals surface area (Å²) in [5.41, 5.74) is 9.95. The van der Waals surface area contributed by atoms with E-state index in [-0.39, 0.29) is 55.6 Å². The molecule has 6 aromatic rings. The summed E-state index contributed by atoms with van der Waals surface area (Å²) in [5.74, 6) is -0.636. The number of nitrogens with zero attached hydrogens (tertiary/aromatic N) is 2. The van der Waals surface area contributed by atoms with Crippen LogP contribution in [0, 0.1) is 11.6 Å². The minimum atomic E-state index is -3.75. The number of nitrogens with two attached hydrogens (primary N) is 1. The van der Waals surface area contributed by atoms with Crippen molar-refractivity contribution in [2.75, 3.05) is 61.4 Å². The number of carbonyl (C=O) groups is 3. The first-order valence-electron chi connectivity index (χ1n) is 22.3. The zero-order valence-corrected chi connectivity index (χ0v) is 41.0. The Balaban J connectivity index is 0.000000208. The van der Waals surface area contributed by atoms with E-state index in [1.165, 1.54) is 59.1 Å². The lowest BCUT2D eigenvalue weighted by atomic mass is 10.0. The van der Waals surface area contributed by atoms with Crippen molar-refractivity contribution in [2.24, 2.45) is 5.73 Å². The van der Waals surface area contributed by atoms with Crippen LogP contribution in [0.1, 0.15) is 90.1 Å². The number of carbonyl (C=O) groups excluding carboxylic acids is 3. The zero-order valence-electron chi connectivity index (χ0n) is 39.4. The third-order valence-corrected chi connectivity index (χ3v) is 13.8. The van der Waals surface area contributed by atoms with Crippen molar-refractivity contribution in [3.05, 3.63) is 107 Å². The predicted octanol–water partition coefficient (Wildman–Crippen LogP) is 7.97. The lowest BCUT2D eigenvalue weighted by Gasteiger charge is -2.26. The number of anilines is 2. The molecule has 0 atom stereocenters. The number of furan rings is 2. The highest BCUT2D eigenvalue weighted by Crippen LogP contribution is 2.49. The van der Waals surface area contributed by atoms with Gasteiger partial charge < -0.3 is 35.3 Å². The second kappa shape index (κ2) is 19.8. The molecule has 8 rings (SSSR count). The van der Waals surface area contributed by atoms with Crippen molar-refractivity contribution in [1.82, 2.24) is 16.0 Å². The van der Waals surface area contributed by atoms with E-state index in [1.54, 1.807) is 45.0 Å². The second-order valence-corrected chi connectivity index (χ2v) is 21.8. The van der Waals surface area contributed by atoms with Gasteiger partial charge in [-0.05, 0) is 130 Å². The number of alkyl carbamates (subject to hydrolysis) is 1. The maximum absolute atomic E-state index is 13.6. The molecule has 2 aliphatic rings. The van der Waals surface area contributed by atoms with Crippen LogP contribution >= 0.6 is 0 Å². The molecule has 2 aliphatic carbocycles. The molecule has 2 fully saturated rings. The molecule has 5 N–H and O–H groups in total. The average molecular weight is 991 g/mol. The maximum Gasteiger partial charge on any atom is 0.407 e. The SMILES string of the molecule is CNC(=O)c1c(-c2ccc(F)cc2)oc2cc(N(CCN)S(C)(=O)=O)c(C3CC3)cc12.CNC(=O)c1c(-c2ccc(F)cc2)oc2cc(N(CCNC(=O)OC(C)(C)C)S(C)(=O)=O)c(C3CC3)cc12. The molecule has 0 spiro atoms. The first-order valence-corrected chi connectivity index (χ1v) is 26.0. The number of fused-ring (bicyclic) bond motifs is 2. The van der Waals surface area contributed by atoms with Gasteiger partial charge in [0, 0.05) is 67.8 Å². The van der Waals surface area contributed by atoms with Gasteiger partial charge in [-0.1, -0.05) is 0 Å². The van der Waals surface area contributed by atoms with Crippen LogP contribution in [0.5, 0.6) is 0 Å². The van der Waals surface area contributed by atoms with Crippen molar-refractivity contribution in [3.8, 4) is 22.6 Å². The van der Waals surface area contributed by atoms with Crippen molar-refractivity contribution in [1.29, 1.82) is 0 Å². The number of amides is 3. The highest BCUT2D eigenvalue weighted by atomic mass is 32.2. The van der Waals surface area contributed by atoms with Gasteiger partial charge in [0.2, 0.25) is 20.0 Å². The molecular formula is C49H56F2N6O10S2.